The van der Waals surface area contributed by atoms with E-state index in [4.69, 9.17) is 4.74 Å². The van der Waals surface area contributed by atoms with Gasteiger partial charge in [-0.1, -0.05) is 24.3 Å². The van der Waals surface area contributed by atoms with Crippen LogP contribution in [0.5, 0.6) is 5.75 Å². The summed E-state index contributed by atoms with van der Waals surface area (Å²) in [6, 6.07) is 18.1. The molecule has 2 heterocycles. The van der Waals surface area contributed by atoms with Gasteiger partial charge in [0.05, 0.1) is 23.3 Å². The number of aromatic nitrogens is 1. The highest BCUT2D eigenvalue weighted by Crippen LogP contribution is 2.45. The fraction of sp³-hybridized carbons (Fsp3) is 0.269. The van der Waals surface area contributed by atoms with E-state index in [1.165, 1.54) is 17.8 Å². The van der Waals surface area contributed by atoms with E-state index in [-0.39, 0.29) is 41.8 Å². The van der Waals surface area contributed by atoms with Gasteiger partial charge in [0.2, 0.25) is 11.8 Å². The Morgan fingerprint density at radius 2 is 2.03 bits per heavy atom. The maximum Gasteiger partial charge on any atom is 0.237 e. The predicted molar refractivity (Wildman–Crippen MR) is 136 cm³/mol. The smallest absolute Gasteiger partial charge is 0.237 e. The number of carbonyl (C=O) groups excluding carboxylic acids is 2. The monoisotopic (exact) mass is 593 g/mol. The first kappa shape index (κ1) is 28.0. The number of ether oxygens (including phenoxy) is 1. The van der Waals surface area contributed by atoms with Gasteiger partial charge in [-0.05, 0) is 51.3 Å². The Bertz CT molecular complexity index is 1200. The summed E-state index contributed by atoms with van der Waals surface area (Å²) in [6.07, 6.45) is 2.56. The second-order valence-corrected chi connectivity index (χ2v) is 10.3. The van der Waals surface area contributed by atoms with E-state index in [9.17, 15) is 14.0 Å². The van der Waals surface area contributed by atoms with E-state index >= 15 is 0 Å². The minimum Gasteiger partial charge on any atom is -1.00 e. The molecule has 0 bridgehead atoms. The molecule has 6 nitrogen and oxygen atoms in total. The zero-order valence-electron chi connectivity index (χ0n) is 19.5. The normalized spacial score (nSPS) is 17.0. The molecule has 0 aliphatic carbocycles. The number of thioether (sulfide) groups is 1. The number of hydrogen-bond donors (Lipinski definition) is 1. The van der Waals surface area contributed by atoms with E-state index in [1.807, 2.05) is 48.7 Å². The highest BCUT2D eigenvalue weighted by molar-refractivity contribution is 9.10. The Morgan fingerprint density at radius 3 is 2.75 bits per heavy atom. The average molecular weight is 595 g/mol. The summed E-state index contributed by atoms with van der Waals surface area (Å²) in [5.41, 5.74) is 2.73. The van der Waals surface area contributed by atoms with Crippen LogP contribution in [0, 0.1) is 5.82 Å². The van der Waals surface area contributed by atoms with Crippen molar-refractivity contribution in [2.24, 2.45) is 0 Å². The minimum absolute atomic E-state index is 0. The van der Waals surface area contributed by atoms with Crippen LogP contribution in [-0.4, -0.2) is 35.6 Å². The van der Waals surface area contributed by atoms with E-state index in [2.05, 4.69) is 26.2 Å². The van der Waals surface area contributed by atoms with Crippen LogP contribution in [-0.2, 0) is 22.6 Å². The molecule has 1 aliphatic rings. The highest BCUT2D eigenvalue weighted by atomic mass is 79.9. The Balaban J connectivity index is 0.00000361. The standard InChI is InChI=1S/C26H25BrFN3O3S.ClH/c1-34-20-7-4-5-17(13-20)16-30-24(32)15-23-25(33)31(12-10-19-6-2-3-11-29-19)26(35-23)18-8-9-22(28)21(27)14-18;/h2-9,11,13-14,23,26H,10,12,15-16H2,1H3,(H,30,32);1H. The molecule has 1 aliphatic heterocycles. The predicted octanol–water partition coefficient (Wildman–Crippen LogP) is 1.31. The van der Waals surface area contributed by atoms with Gasteiger partial charge in [0.1, 0.15) is 16.9 Å². The van der Waals surface area contributed by atoms with Gasteiger partial charge in [-0.2, -0.15) is 0 Å². The molecule has 2 unspecified atom stereocenters. The molecule has 2 N–H and O–H groups in total. The number of methoxy groups -OCH3 is 1. The second kappa shape index (κ2) is 13.1. The van der Waals surface area contributed by atoms with Gasteiger partial charge in [0.25, 0.3) is 0 Å². The van der Waals surface area contributed by atoms with Crippen molar-refractivity contribution in [3.8, 4) is 5.75 Å². The molecule has 1 saturated heterocycles. The number of rotatable bonds is 9. The highest BCUT2D eigenvalue weighted by Gasteiger charge is 2.42. The van der Waals surface area contributed by atoms with Crippen LogP contribution in [0.3, 0.4) is 0 Å². The second-order valence-electron chi connectivity index (χ2n) is 8.15. The van der Waals surface area contributed by atoms with Crippen LogP contribution in [0.1, 0.15) is 28.6 Å². The zero-order valence-corrected chi connectivity index (χ0v) is 22.7. The Morgan fingerprint density at radius 1 is 1.19 bits per heavy atom. The van der Waals surface area contributed by atoms with Crippen molar-refractivity contribution < 1.29 is 36.1 Å². The van der Waals surface area contributed by atoms with Crippen molar-refractivity contribution in [2.75, 3.05) is 13.7 Å². The number of aromatic amines is 1. The number of nitrogens with zero attached hydrogens (tertiary/aromatic N) is 1. The number of pyridine rings is 1. The molecular weight excluding hydrogens is 569 g/mol. The summed E-state index contributed by atoms with van der Waals surface area (Å²) in [5.74, 6) is 0.0729. The fourth-order valence-electron chi connectivity index (χ4n) is 3.93. The van der Waals surface area contributed by atoms with Crippen molar-refractivity contribution in [1.82, 2.24) is 10.2 Å². The molecule has 4 rings (SSSR count). The lowest BCUT2D eigenvalue weighted by atomic mass is 10.1. The number of halogens is 3. The molecule has 0 saturated carbocycles. The van der Waals surface area contributed by atoms with Crippen LogP contribution in [0.2, 0.25) is 0 Å². The Labute approximate surface area is 228 Å². The number of nitrogens with one attached hydrogen (secondary N) is 2. The first-order valence-corrected chi connectivity index (χ1v) is 12.9. The van der Waals surface area contributed by atoms with E-state index in [0.717, 1.165) is 22.6 Å². The van der Waals surface area contributed by atoms with Crippen molar-refractivity contribution >= 4 is 39.5 Å². The van der Waals surface area contributed by atoms with Crippen LogP contribution in [0.4, 0.5) is 4.39 Å². The molecule has 1 aromatic heterocycles. The van der Waals surface area contributed by atoms with Gasteiger partial charge in [0.15, 0.2) is 11.9 Å². The molecule has 36 heavy (non-hydrogen) atoms. The molecular formula is C26H26BrClFN3O3S. The molecule has 0 spiro atoms. The third kappa shape index (κ3) is 6.99. The third-order valence-electron chi connectivity index (χ3n) is 5.75. The average Bonchev–Trinajstić information content (AvgIpc) is 3.18. The number of benzene rings is 2. The van der Waals surface area contributed by atoms with Crippen molar-refractivity contribution in [3.63, 3.8) is 0 Å². The number of hydrogen-bond acceptors (Lipinski definition) is 4. The number of H-pyrrole nitrogens is 1. The van der Waals surface area contributed by atoms with Crippen LogP contribution >= 0.6 is 27.7 Å². The molecule has 3 aromatic rings. The topological polar surface area (TPSA) is 72.8 Å². The maximum absolute atomic E-state index is 13.9. The summed E-state index contributed by atoms with van der Waals surface area (Å²) in [6.45, 7) is 0.831. The van der Waals surface area contributed by atoms with Gasteiger partial charge >= 0.3 is 0 Å². The van der Waals surface area contributed by atoms with Gasteiger partial charge in [-0.25, -0.2) is 9.37 Å². The van der Waals surface area contributed by atoms with Gasteiger partial charge in [0, 0.05) is 31.6 Å². The van der Waals surface area contributed by atoms with E-state index in [1.54, 1.807) is 24.1 Å². The van der Waals surface area contributed by atoms with Crippen molar-refractivity contribution in [3.05, 3.63) is 94.0 Å². The Hall–Kier alpha value is -2.62. The minimum atomic E-state index is -0.520. The van der Waals surface area contributed by atoms with Crippen LogP contribution < -0.4 is 27.4 Å². The third-order valence-corrected chi connectivity index (χ3v) is 7.84. The fourth-order valence-corrected chi connectivity index (χ4v) is 5.79. The lowest BCUT2D eigenvalue weighted by molar-refractivity contribution is -0.390. The van der Waals surface area contributed by atoms with Gasteiger partial charge < -0.3 is 27.4 Å². The molecule has 0 radical (unpaired) electrons. The molecule has 190 valence electrons. The summed E-state index contributed by atoms with van der Waals surface area (Å²) < 4.78 is 19.4. The Kier molecular flexibility index (Phi) is 10.2. The lowest BCUT2D eigenvalue weighted by Crippen LogP contribution is -3.00. The largest absolute Gasteiger partial charge is 1.00 e. The quantitative estimate of drug-likeness (QED) is 0.406. The van der Waals surface area contributed by atoms with E-state index in [0.29, 0.717) is 24.0 Å². The summed E-state index contributed by atoms with van der Waals surface area (Å²) in [7, 11) is 1.60. The molecule has 1 fully saturated rings. The van der Waals surface area contributed by atoms with Gasteiger partial charge in [-0.15, -0.1) is 11.8 Å². The summed E-state index contributed by atoms with van der Waals surface area (Å²) in [5, 5.41) is 2.08. The van der Waals surface area contributed by atoms with Gasteiger partial charge in [-0.3, -0.25) is 9.59 Å². The maximum atomic E-state index is 13.9. The summed E-state index contributed by atoms with van der Waals surface area (Å²) in [4.78, 5) is 31.1. The van der Waals surface area contributed by atoms with E-state index < -0.39 is 5.25 Å². The lowest BCUT2D eigenvalue weighted by Gasteiger charge is -2.23. The number of carbonyl (C=O) groups is 2. The molecule has 10 heteroatoms. The van der Waals surface area contributed by atoms with Crippen LogP contribution in [0.15, 0.2) is 71.3 Å². The molecule has 2 atom stereocenters. The first-order valence-electron chi connectivity index (χ1n) is 11.2. The molecule has 2 aromatic carbocycles. The van der Waals surface area contributed by atoms with Crippen molar-refractivity contribution in [1.29, 1.82) is 0 Å². The van der Waals surface area contributed by atoms with Crippen LogP contribution in [0.25, 0.3) is 0 Å². The molecule has 2 amide bonds. The zero-order chi connectivity index (χ0) is 24.8. The van der Waals surface area contributed by atoms with Crippen molar-refractivity contribution in [2.45, 2.75) is 30.0 Å². The SMILES string of the molecule is COc1cccc(CNC(=O)CC2SC(c3ccc(F)c(Br)c3)N(CCc3cccc[nH+]3)C2=O)c1.[Cl-]. The summed E-state index contributed by atoms with van der Waals surface area (Å²) >= 11 is 4.67. The first-order chi connectivity index (χ1) is 16.9. The number of amides is 2.